The normalized spacial score (nSPS) is 15.0. The Balaban J connectivity index is 6.30. The van der Waals surface area contributed by atoms with Gasteiger partial charge in [-0.3, -0.25) is 0 Å². The van der Waals surface area contributed by atoms with Crippen molar-refractivity contribution in [2.24, 2.45) is 0 Å². The van der Waals surface area contributed by atoms with E-state index in [9.17, 15) is 47.9 Å². The van der Waals surface area contributed by atoms with Crippen LogP contribution in [0.4, 0.5) is 39.5 Å². The molecule has 0 radical (unpaired) electrons. The Bertz CT molecular complexity index is 699. The zero-order valence-corrected chi connectivity index (χ0v) is 22.0. The quantitative estimate of drug-likeness (QED) is 0.115. The third-order valence-electron chi connectivity index (χ3n) is 5.52. The number of rotatable bonds is 19. The number of alkyl halides is 9. The van der Waals surface area contributed by atoms with E-state index in [0.29, 0.717) is 44.9 Å². The van der Waals surface area contributed by atoms with E-state index < -0.39 is 43.7 Å². The monoisotopic (exact) mass is 572 g/mol. The molecule has 0 bridgehead atoms. The molecule has 214 valence electrons. The summed E-state index contributed by atoms with van der Waals surface area (Å²) < 4.78 is 150. The van der Waals surface area contributed by atoms with Crippen LogP contribution in [-0.4, -0.2) is 49.0 Å². The van der Waals surface area contributed by atoms with E-state index in [1.807, 2.05) is 20.8 Å². The maximum absolute atomic E-state index is 14.4. The lowest BCUT2D eigenvalue weighted by molar-refractivity contribution is -0.382. The van der Waals surface area contributed by atoms with Crippen LogP contribution in [0.25, 0.3) is 0 Å². The summed E-state index contributed by atoms with van der Waals surface area (Å²) in [6, 6.07) is 0. The first-order valence-corrected chi connectivity index (χ1v) is 15.3. The number of halogens is 9. The first kappa shape index (κ1) is 34.6. The van der Waals surface area contributed by atoms with Gasteiger partial charge in [-0.25, -0.2) is 3.63 Å². The fourth-order valence-electron chi connectivity index (χ4n) is 3.36. The van der Waals surface area contributed by atoms with Crippen molar-refractivity contribution in [2.45, 2.75) is 115 Å². The number of hydrogen-bond acceptors (Lipinski definition) is 3. The largest absolute Gasteiger partial charge is 0.460 e. The second kappa shape index (κ2) is 14.0. The van der Waals surface area contributed by atoms with Gasteiger partial charge in [0.1, 0.15) is 0 Å². The molecule has 0 aromatic heterocycles. The highest BCUT2D eigenvalue weighted by Crippen LogP contribution is 2.59. The van der Waals surface area contributed by atoms with Gasteiger partial charge in [-0.2, -0.15) is 47.9 Å². The molecule has 35 heavy (non-hydrogen) atoms. The summed E-state index contributed by atoms with van der Waals surface area (Å²) in [5.74, 6) is -14.8. The fourth-order valence-corrected chi connectivity index (χ4v) is 9.28. The van der Waals surface area contributed by atoms with Gasteiger partial charge in [0.15, 0.2) is 0 Å². The van der Waals surface area contributed by atoms with Gasteiger partial charge in [-0.15, -0.1) is 10.3 Å². The minimum Gasteiger partial charge on any atom is -0.215 e. The molecule has 0 aromatic carbocycles. The molecule has 0 saturated heterocycles. The van der Waals surface area contributed by atoms with Gasteiger partial charge in [0, 0.05) is 17.3 Å². The van der Waals surface area contributed by atoms with Crippen molar-refractivity contribution in [2.75, 3.05) is 17.3 Å². The van der Waals surface area contributed by atoms with E-state index >= 15 is 0 Å². The Morgan fingerprint density at radius 3 is 1.23 bits per heavy atom. The van der Waals surface area contributed by atoms with Crippen LogP contribution in [-0.2, 0) is 13.7 Å². The minimum atomic E-state index is -7.30. The molecule has 3 nitrogen and oxygen atoms in total. The third kappa shape index (κ3) is 8.86. The first-order chi connectivity index (χ1) is 15.9. The van der Waals surface area contributed by atoms with Gasteiger partial charge in [0.2, 0.25) is 0 Å². The molecule has 0 fully saturated rings. The fraction of sp³-hybridized carbons (Fsp3) is 1.00. The zero-order chi connectivity index (χ0) is 27.6. The van der Waals surface area contributed by atoms with E-state index in [-0.39, 0.29) is 17.3 Å². The van der Waals surface area contributed by atoms with E-state index in [1.54, 1.807) is 0 Å². The van der Waals surface area contributed by atoms with Crippen LogP contribution in [0.15, 0.2) is 0 Å². The lowest BCUT2D eigenvalue weighted by Gasteiger charge is -2.41. The highest BCUT2D eigenvalue weighted by molar-refractivity contribution is 8.33. The van der Waals surface area contributed by atoms with Crippen molar-refractivity contribution in [3.63, 3.8) is 0 Å². The third-order valence-corrected chi connectivity index (χ3v) is 11.4. The Hall–Kier alpha value is -0.370. The maximum atomic E-state index is 14.4. The lowest BCUT2D eigenvalue weighted by Crippen LogP contribution is -2.63. The highest BCUT2D eigenvalue weighted by atomic mass is 32.3. The summed E-state index contributed by atoms with van der Waals surface area (Å²) in [5.41, 5.74) is 0. The van der Waals surface area contributed by atoms with Crippen LogP contribution in [0.1, 0.15) is 91.4 Å². The molecule has 0 heterocycles. The van der Waals surface area contributed by atoms with Gasteiger partial charge in [0.25, 0.3) is 0 Å². The molecule has 0 unspecified atom stereocenters. The molecule has 0 aromatic rings. The predicted molar refractivity (Wildman–Crippen MR) is 121 cm³/mol. The smallest absolute Gasteiger partial charge is 0.215 e. The van der Waals surface area contributed by atoms with Crippen LogP contribution in [0, 0.1) is 0 Å². The van der Waals surface area contributed by atoms with E-state index in [1.165, 1.54) is 0 Å². The number of hydrogen-bond donors (Lipinski definition) is 0. The molecule has 0 aliphatic rings. The topological polar surface area (TPSA) is 43.4 Å². The Labute approximate surface area is 204 Å². The standard InChI is InChI=1S/C21H37F9O3S2/c1-4-7-10-13-16-34(15-12-9-6-3,17-14-11-8-5-2)33-35(31,32)21(29,30)19(24,25)18(22,23)20(26,27)28/h4-17H2,1-3H3. The maximum Gasteiger partial charge on any atom is 0.460 e. The molecule has 0 saturated carbocycles. The van der Waals surface area contributed by atoms with Crippen molar-refractivity contribution in [1.82, 2.24) is 0 Å². The van der Waals surface area contributed by atoms with Crippen LogP contribution in [0.3, 0.4) is 0 Å². The summed E-state index contributed by atoms with van der Waals surface area (Å²) in [6.07, 6.45) is -0.830. The Morgan fingerprint density at radius 1 is 0.543 bits per heavy atom. The second-order valence-corrected chi connectivity index (χ2v) is 13.7. The summed E-state index contributed by atoms with van der Waals surface area (Å²) in [4.78, 5) is 0. The van der Waals surface area contributed by atoms with Crippen LogP contribution in [0.2, 0.25) is 0 Å². The van der Waals surface area contributed by atoms with Gasteiger partial charge < -0.3 is 0 Å². The zero-order valence-electron chi connectivity index (χ0n) is 20.3. The molecule has 0 N–H and O–H groups in total. The van der Waals surface area contributed by atoms with Crippen LogP contribution >= 0.6 is 10.3 Å². The van der Waals surface area contributed by atoms with Gasteiger partial charge in [-0.1, -0.05) is 72.1 Å². The molecule has 14 heteroatoms. The molecule has 0 aliphatic carbocycles. The number of unbranched alkanes of at least 4 members (excludes halogenated alkanes) is 8. The molecule has 0 rings (SSSR count). The Kier molecular flexibility index (Phi) is 13.8. The van der Waals surface area contributed by atoms with Crippen molar-refractivity contribution >= 4 is 20.4 Å². The second-order valence-electron chi connectivity index (χ2n) is 8.59. The molecule has 0 spiro atoms. The van der Waals surface area contributed by atoms with Crippen LogP contribution in [0.5, 0.6) is 0 Å². The Morgan fingerprint density at radius 2 is 0.886 bits per heavy atom. The van der Waals surface area contributed by atoms with Crippen molar-refractivity contribution in [1.29, 1.82) is 0 Å². The summed E-state index contributed by atoms with van der Waals surface area (Å²) in [7, 11) is -9.91. The first-order valence-electron chi connectivity index (χ1n) is 11.8. The van der Waals surface area contributed by atoms with E-state index in [2.05, 4.69) is 0 Å². The summed E-state index contributed by atoms with van der Waals surface area (Å²) in [5, 5.41) is -6.81. The summed E-state index contributed by atoms with van der Waals surface area (Å²) in [6.45, 7) is 5.58. The SMILES string of the molecule is CCCCCCS(CCCCC)(CCCCCC)OS(=O)(=O)C(F)(F)C(F)(F)C(F)(F)C(F)(F)F. The van der Waals surface area contributed by atoms with Crippen molar-refractivity contribution in [3.8, 4) is 0 Å². The van der Waals surface area contributed by atoms with Crippen LogP contribution < -0.4 is 0 Å². The van der Waals surface area contributed by atoms with Crippen molar-refractivity contribution < 1.29 is 51.6 Å². The highest BCUT2D eigenvalue weighted by Gasteiger charge is 2.86. The van der Waals surface area contributed by atoms with Crippen molar-refractivity contribution in [3.05, 3.63) is 0 Å². The molecule has 0 atom stereocenters. The van der Waals surface area contributed by atoms with Gasteiger partial charge >= 0.3 is 33.4 Å². The molecule has 0 aliphatic heterocycles. The molecule has 0 amide bonds. The molecular weight excluding hydrogens is 535 g/mol. The van der Waals surface area contributed by atoms with Gasteiger partial charge in [-0.05, 0) is 19.3 Å². The summed E-state index contributed by atoms with van der Waals surface area (Å²) >= 11 is 0. The van der Waals surface area contributed by atoms with E-state index in [0.717, 1.165) is 25.7 Å². The average Bonchev–Trinajstić information content (AvgIpc) is 2.73. The van der Waals surface area contributed by atoms with E-state index in [4.69, 9.17) is 3.63 Å². The predicted octanol–water partition coefficient (Wildman–Crippen LogP) is 8.83. The molecular formula is C21H37F9O3S2. The lowest BCUT2D eigenvalue weighted by atomic mass is 10.1. The average molecular weight is 573 g/mol. The van der Waals surface area contributed by atoms with Gasteiger partial charge in [0.05, 0.1) is 0 Å². The minimum absolute atomic E-state index is 0.0562.